The zero-order chi connectivity index (χ0) is 11.4. The Morgan fingerprint density at radius 3 is 2.75 bits per heavy atom. The molecule has 2 aromatic heterocycles. The van der Waals surface area contributed by atoms with E-state index in [1.807, 2.05) is 12.1 Å². The van der Waals surface area contributed by atoms with Gasteiger partial charge >= 0.3 is 0 Å². The third-order valence-electron chi connectivity index (χ3n) is 1.80. The van der Waals surface area contributed by atoms with E-state index < -0.39 is 0 Å². The first-order valence-corrected chi connectivity index (χ1v) is 6.18. The first-order valence-electron chi connectivity index (χ1n) is 4.58. The summed E-state index contributed by atoms with van der Waals surface area (Å²) in [4.78, 5) is 13.5. The molecule has 2 heterocycles. The zero-order valence-electron chi connectivity index (χ0n) is 8.51. The Balaban J connectivity index is 2.27. The first kappa shape index (κ1) is 11.3. The van der Waals surface area contributed by atoms with Gasteiger partial charge in [-0.2, -0.15) is 0 Å². The summed E-state index contributed by atoms with van der Waals surface area (Å²) in [5, 5.41) is 3.79. The minimum atomic E-state index is 0.611. The van der Waals surface area contributed by atoms with Gasteiger partial charge in [0, 0.05) is 30.5 Å². The number of hydrogen-bond donors (Lipinski definition) is 1. The van der Waals surface area contributed by atoms with E-state index in [9.17, 15) is 0 Å². The number of nitrogens with zero attached hydrogens (tertiary/aromatic N) is 3. The van der Waals surface area contributed by atoms with Gasteiger partial charge in [0.25, 0.3) is 0 Å². The van der Waals surface area contributed by atoms with Crippen LogP contribution in [0.15, 0.2) is 45.1 Å². The molecule has 0 saturated carbocycles. The van der Waals surface area contributed by atoms with E-state index in [1.54, 1.807) is 37.4 Å². The molecule has 0 unspecified atom stereocenters. The molecule has 0 aromatic carbocycles. The van der Waals surface area contributed by atoms with Crippen LogP contribution in [0.3, 0.4) is 0 Å². The highest BCUT2D eigenvalue weighted by atomic mass is 79.9. The monoisotopic (exact) mass is 296 g/mol. The van der Waals surface area contributed by atoms with Crippen molar-refractivity contribution in [2.45, 2.75) is 9.92 Å². The Kier molecular flexibility index (Phi) is 3.74. The van der Waals surface area contributed by atoms with Gasteiger partial charge in [-0.25, -0.2) is 9.97 Å². The third-order valence-corrected chi connectivity index (χ3v) is 3.65. The molecule has 0 radical (unpaired) electrons. The molecule has 0 aliphatic heterocycles. The van der Waals surface area contributed by atoms with Crippen LogP contribution in [0.1, 0.15) is 0 Å². The van der Waals surface area contributed by atoms with E-state index in [0.29, 0.717) is 5.95 Å². The Hall–Kier alpha value is -1.14. The molecule has 0 atom stereocenters. The highest BCUT2D eigenvalue weighted by Gasteiger charge is 2.06. The number of aromatic nitrogens is 3. The quantitative estimate of drug-likeness (QED) is 0.883. The molecule has 16 heavy (non-hydrogen) atoms. The lowest BCUT2D eigenvalue weighted by Gasteiger charge is -2.04. The van der Waals surface area contributed by atoms with E-state index in [4.69, 9.17) is 0 Å². The molecule has 82 valence electrons. The zero-order valence-corrected chi connectivity index (χ0v) is 10.9. The van der Waals surface area contributed by atoms with Crippen LogP contribution in [0.5, 0.6) is 0 Å². The van der Waals surface area contributed by atoms with E-state index in [1.165, 1.54) is 0 Å². The van der Waals surface area contributed by atoms with Gasteiger partial charge in [-0.1, -0.05) is 11.8 Å². The minimum absolute atomic E-state index is 0.611. The van der Waals surface area contributed by atoms with Crippen LogP contribution in [0.25, 0.3) is 0 Å². The molecular formula is C10H9BrN4S. The summed E-state index contributed by atoms with van der Waals surface area (Å²) in [6, 6.07) is 3.89. The smallest absolute Gasteiger partial charge is 0.223 e. The van der Waals surface area contributed by atoms with Gasteiger partial charge < -0.3 is 5.32 Å². The van der Waals surface area contributed by atoms with Gasteiger partial charge in [-0.3, -0.25) is 4.98 Å². The molecule has 4 nitrogen and oxygen atoms in total. The van der Waals surface area contributed by atoms with Crippen LogP contribution in [-0.2, 0) is 0 Å². The van der Waals surface area contributed by atoms with E-state index >= 15 is 0 Å². The standard InChI is InChI=1S/C10H9BrN4S/c1-12-10-14-6-8(11)9(15-10)16-7-2-4-13-5-3-7/h2-6H,1H3,(H,12,14,15). The molecule has 0 fully saturated rings. The maximum absolute atomic E-state index is 4.36. The number of anilines is 1. The fourth-order valence-electron chi connectivity index (χ4n) is 1.06. The van der Waals surface area contributed by atoms with E-state index in [0.717, 1.165) is 14.4 Å². The average molecular weight is 297 g/mol. The van der Waals surface area contributed by atoms with Gasteiger partial charge in [0.15, 0.2) is 0 Å². The molecule has 0 saturated heterocycles. The summed E-state index contributed by atoms with van der Waals surface area (Å²) in [5.41, 5.74) is 0. The highest BCUT2D eigenvalue weighted by molar-refractivity contribution is 9.10. The van der Waals surface area contributed by atoms with Crippen LogP contribution in [0.2, 0.25) is 0 Å². The number of rotatable bonds is 3. The van der Waals surface area contributed by atoms with Crippen molar-refractivity contribution >= 4 is 33.6 Å². The van der Waals surface area contributed by atoms with Crippen molar-refractivity contribution in [1.29, 1.82) is 0 Å². The Morgan fingerprint density at radius 1 is 1.31 bits per heavy atom. The molecule has 0 amide bonds. The summed E-state index contributed by atoms with van der Waals surface area (Å²) in [6.07, 6.45) is 5.26. The maximum atomic E-state index is 4.36. The van der Waals surface area contributed by atoms with Gasteiger partial charge in [0.05, 0.1) is 4.47 Å². The van der Waals surface area contributed by atoms with Gasteiger partial charge in [0.1, 0.15) is 5.03 Å². The minimum Gasteiger partial charge on any atom is -0.357 e. The lowest BCUT2D eigenvalue weighted by atomic mass is 10.5. The Bertz CT molecular complexity index is 478. The summed E-state index contributed by atoms with van der Waals surface area (Å²) < 4.78 is 0.883. The number of nitrogens with one attached hydrogen (secondary N) is 1. The van der Waals surface area contributed by atoms with Crippen molar-refractivity contribution < 1.29 is 0 Å². The van der Waals surface area contributed by atoms with E-state index in [-0.39, 0.29) is 0 Å². The summed E-state index contributed by atoms with van der Waals surface area (Å²) in [6.45, 7) is 0. The molecule has 2 rings (SSSR count). The van der Waals surface area contributed by atoms with Crippen molar-refractivity contribution in [3.63, 3.8) is 0 Å². The highest BCUT2D eigenvalue weighted by Crippen LogP contribution is 2.31. The predicted molar refractivity (Wildman–Crippen MR) is 67.6 cm³/mol. The molecule has 6 heteroatoms. The van der Waals surface area contributed by atoms with Gasteiger partial charge in [0.2, 0.25) is 5.95 Å². The van der Waals surface area contributed by atoms with Crippen LogP contribution in [-0.4, -0.2) is 22.0 Å². The lowest BCUT2D eigenvalue weighted by molar-refractivity contribution is 1.02. The summed E-state index contributed by atoms with van der Waals surface area (Å²) in [7, 11) is 1.80. The van der Waals surface area contributed by atoms with Gasteiger partial charge in [-0.15, -0.1) is 0 Å². The van der Waals surface area contributed by atoms with Crippen LogP contribution in [0, 0.1) is 0 Å². The normalized spacial score (nSPS) is 10.1. The van der Waals surface area contributed by atoms with Crippen molar-refractivity contribution in [2.24, 2.45) is 0 Å². The molecule has 1 N–H and O–H groups in total. The van der Waals surface area contributed by atoms with Crippen LogP contribution < -0.4 is 5.32 Å². The van der Waals surface area contributed by atoms with Crippen molar-refractivity contribution in [2.75, 3.05) is 12.4 Å². The molecule has 0 bridgehead atoms. The number of pyridine rings is 1. The molecule has 0 aliphatic rings. The summed E-state index contributed by atoms with van der Waals surface area (Å²) in [5.74, 6) is 0.611. The largest absolute Gasteiger partial charge is 0.357 e. The van der Waals surface area contributed by atoms with Crippen molar-refractivity contribution in [1.82, 2.24) is 15.0 Å². The Morgan fingerprint density at radius 2 is 2.06 bits per heavy atom. The molecule has 2 aromatic rings. The van der Waals surface area contributed by atoms with Gasteiger partial charge in [-0.05, 0) is 28.1 Å². The average Bonchev–Trinajstić information content (AvgIpc) is 2.33. The first-order chi connectivity index (χ1) is 7.79. The SMILES string of the molecule is CNc1ncc(Br)c(Sc2ccncc2)n1. The third kappa shape index (κ3) is 2.70. The maximum Gasteiger partial charge on any atom is 0.223 e. The Labute approximate surface area is 106 Å². The van der Waals surface area contributed by atoms with Crippen molar-refractivity contribution in [3.05, 3.63) is 35.2 Å². The summed E-state index contributed by atoms with van der Waals surface area (Å²) >= 11 is 4.99. The van der Waals surface area contributed by atoms with E-state index in [2.05, 4.69) is 36.2 Å². The second kappa shape index (κ2) is 5.27. The molecule has 0 spiro atoms. The lowest BCUT2D eigenvalue weighted by Crippen LogP contribution is -1.97. The molecular weight excluding hydrogens is 288 g/mol. The molecule has 0 aliphatic carbocycles. The van der Waals surface area contributed by atoms with Crippen molar-refractivity contribution in [3.8, 4) is 0 Å². The fourth-order valence-corrected chi connectivity index (χ4v) is 2.26. The second-order valence-electron chi connectivity index (χ2n) is 2.88. The predicted octanol–water partition coefficient (Wildman–Crippen LogP) is 2.83. The topological polar surface area (TPSA) is 50.7 Å². The van der Waals surface area contributed by atoms with Crippen LogP contribution in [0.4, 0.5) is 5.95 Å². The van der Waals surface area contributed by atoms with Crippen LogP contribution >= 0.6 is 27.7 Å². The number of hydrogen-bond acceptors (Lipinski definition) is 5. The number of halogens is 1. The fraction of sp³-hybridized carbons (Fsp3) is 0.100. The second-order valence-corrected chi connectivity index (χ2v) is 4.80.